The molecule has 0 radical (unpaired) electrons. The van der Waals surface area contributed by atoms with E-state index in [0.717, 1.165) is 19.5 Å². The Morgan fingerprint density at radius 3 is 2.50 bits per heavy atom. The van der Waals surface area contributed by atoms with E-state index >= 15 is 0 Å². The number of nitrogens with zero attached hydrogens (tertiary/aromatic N) is 1. The van der Waals surface area contributed by atoms with Gasteiger partial charge in [0.25, 0.3) is 0 Å². The molecule has 0 unspecified atom stereocenters. The first-order valence-electron chi connectivity index (χ1n) is 6.82. The summed E-state index contributed by atoms with van der Waals surface area (Å²) in [6, 6.07) is 11.3. The van der Waals surface area contributed by atoms with Gasteiger partial charge in [-0.25, -0.2) is 0 Å². The van der Waals surface area contributed by atoms with E-state index in [-0.39, 0.29) is 0 Å². The molecule has 1 aliphatic rings. The average molecular weight is 262 g/mol. The Balaban J connectivity index is 1.90. The van der Waals surface area contributed by atoms with Gasteiger partial charge >= 0.3 is 0 Å². The van der Waals surface area contributed by atoms with E-state index < -0.39 is 0 Å². The summed E-state index contributed by atoms with van der Waals surface area (Å²) in [5.41, 5.74) is 7.11. The van der Waals surface area contributed by atoms with Crippen LogP contribution in [0.15, 0.2) is 30.3 Å². The van der Waals surface area contributed by atoms with Gasteiger partial charge in [-0.2, -0.15) is 0 Å². The molecule has 1 aromatic carbocycles. The van der Waals surface area contributed by atoms with Gasteiger partial charge in [0.1, 0.15) is 0 Å². The summed E-state index contributed by atoms with van der Waals surface area (Å²) in [7, 11) is 0. The van der Waals surface area contributed by atoms with Crippen molar-refractivity contribution in [2.45, 2.75) is 38.1 Å². The highest BCUT2D eigenvalue weighted by atomic mass is 32.1. The molecule has 0 bridgehead atoms. The minimum absolute atomic E-state index is 0.620. The van der Waals surface area contributed by atoms with Crippen LogP contribution < -0.4 is 5.73 Å². The maximum Gasteiger partial charge on any atom is 0.0870 e. The lowest BCUT2D eigenvalue weighted by Crippen LogP contribution is -2.40. The van der Waals surface area contributed by atoms with Crippen LogP contribution in [-0.4, -0.2) is 29.0 Å². The van der Waals surface area contributed by atoms with Gasteiger partial charge in [0, 0.05) is 19.1 Å². The van der Waals surface area contributed by atoms with E-state index in [9.17, 15) is 0 Å². The predicted molar refractivity (Wildman–Crippen MR) is 80.8 cm³/mol. The van der Waals surface area contributed by atoms with Crippen molar-refractivity contribution in [2.24, 2.45) is 5.73 Å². The standard InChI is InChI=1S/C15H22N2S/c16-15(18)12-17(14-8-4-5-9-14)11-10-13-6-2-1-3-7-13/h1-3,6-7,14H,4-5,8-12H2,(H2,16,18). The van der Waals surface area contributed by atoms with Crippen LogP contribution in [0.1, 0.15) is 31.2 Å². The second-order valence-corrected chi connectivity index (χ2v) is 5.64. The molecule has 0 aromatic heterocycles. The van der Waals surface area contributed by atoms with Crippen LogP contribution in [-0.2, 0) is 6.42 Å². The van der Waals surface area contributed by atoms with Crippen LogP contribution in [0.5, 0.6) is 0 Å². The highest BCUT2D eigenvalue weighted by molar-refractivity contribution is 7.80. The van der Waals surface area contributed by atoms with E-state index in [1.165, 1.54) is 31.2 Å². The second-order valence-electron chi connectivity index (χ2n) is 5.11. The van der Waals surface area contributed by atoms with Crippen molar-refractivity contribution in [1.29, 1.82) is 0 Å². The van der Waals surface area contributed by atoms with Gasteiger partial charge in [-0.1, -0.05) is 55.4 Å². The molecule has 1 aliphatic carbocycles. The SMILES string of the molecule is NC(=S)CN(CCc1ccccc1)C1CCCC1. The molecule has 18 heavy (non-hydrogen) atoms. The largest absolute Gasteiger partial charge is 0.392 e. The Kier molecular flexibility index (Phi) is 5.14. The van der Waals surface area contributed by atoms with Crippen molar-refractivity contribution in [3.63, 3.8) is 0 Å². The zero-order valence-corrected chi connectivity index (χ0v) is 11.7. The monoisotopic (exact) mass is 262 g/mol. The van der Waals surface area contributed by atoms with Crippen molar-refractivity contribution in [3.05, 3.63) is 35.9 Å². The van der Waals surface area contributed by atoms with Crippen LogP contribution in [0.4, 0.5) is 0 Å². The Bertz CT molecular complexity index is 371. The van der Waals surface area contributed by atoms with E-state index in [1.807, 2.05) is 0 Å². The van der Waals surface area contributed by atoms with Crippen LogP contribution in [0.3, 0.4) is 0 Å². The van der Waals surface area contributed by atoms with Gasteiger partial charge in [0.05, 0.1) is 4.99 Å². The summed E-state index contributed by atoms with van der Waals surface area (Å²) in [5.74, 6) is 0. The maximum absolute atomic E-state index is 5.72. The topological polar surface area (TPSA) is 29.3 Å². The zero-order chi connectivity index (χ0) is 12.8. The number of hydrogen-bond acceptors (Lipinski definition) is 2. The predicted octanol–water partition coefficient (Wildman–Crippen LogP) is 2.76. The third-order valence-electron chi connectivity index (χ3n) is 3.73. The summed E-state index contributed by atoms with van der Waals surface area (Å²) in [5, 5.41) is 0. The molecule has 2 N–H and O–H groups in total. The van der Waals surface area contributed by atoms with Gasteiger partial charge in [0.15, 0.2) is 0 Å². The first-order chi connectivity index (χ1) is 8.75. The van der Waals surface area contributed by atoms with Gasteiger partial charge in [-0.3, -0.25) is 4.90 Å². The summed E-state index contributed by atoms with van der Waals surface area (Å²) >= 11 is 5.07. The van der Waals surface area contributed by atoms with Gasteiger partial charge in [0.2, 0.25) is 0 Å². The highest BCUT2D eigenvalue weighted by Gasteiger charge is 2.22. The third kappa shape index (κ3) is 4.07. The molecule has 2 rings (SSSR count). The Hall–Kier alpha value is -0.930. The van der Waals surface area contributed by atoms with E-state index in [0.29, 0.717) is 11.0 Å². The number of nitrogens with two attached hydrogens (primary N) is 1. The molecule has 3 heteroatoms. The van der Waals surface area contributed by atoms with Crippen molar-refractivity contribution >= 4 is 17.2 Å². The molecule has 1 saturated carbocycles. The Labute approximate surface area is 115 Å². The van der Waals surface area contributed by atoms with Crippen molar-refractivity contribution in [1.82, 2.24) is 4.90 Å². The lowest BCUT2D eigenvalue weighted by Gasteiger charge is -2.28. The minimum atomic E-state index is 0.620. The van der Waals surface area contributed by atoms with Gasteiger partial charge in [-0.15, -0.1) is 0 Å². The molecule has 98 valence electrons. The normalized spacial score (nSPS) is 16.3. The smallest absolute Gasteiger partial charge is 0.0870 e. The maximum atomic E-state index is 5.72. The molecule has 2 nitrogen and oxygen atoms in total. The fourth-order valence-corrected chi connectivity index (χ4v) is 2.94. The number of rotatable bonds is 6. The molecule has 0 amide bonds. The van der Waals surface area contributed by atoms with Crippen LogP contribution in [0, 0.1) is 0 Å². The molecule has 1 aromatic rings. The van der Waals surface area contributed by atoms with Gasteiger partial charge in [-0.05, 0) is 24.8 Å². The molecule has 0 atom stereocenters. The number of thiocarbonyl (C=S) groups is 1. The Morgan fingerprint density at radius 2 is 1.89 bits per heavy atom. The van der Waals surface area contributed by atoms with Gasteiger partial charge < -0.3 is 5.73 Å². The van der Waals surface area contributed by atoms with Crippen molar-refractivity contribution in [3.8, 4) is 0 Å². The average Bonchev–Trinajstić information content (AvgIpc) is 2.89. The number of hydrogen-bond donors (Lipinski definition) is 1. The molecule has 0 aliphatic heterocycles. The van der Waals surface area contributed by atoms with Crippen molar-refractivity contribution in [2.75, 3.05) is 13.1 Å². The summed E-state index contributed by atoms with van der Waals surface area (Å²) in [6.45, 7) is 1.83. The third-order valence-corrected chi connectivity index (χ3v) is 3.86. The first-order valence-corrected chi connectivity index (χ1v) is 7.23. The summed E-state index contributed by atoms with van der Waals surface area (Å²) in [4.78, 5) is 3.09. The molecule has 1 fully saturated rings. The summed E-state index contributed by atoms with van der Waals surface area (Å²) < 4.78 is 0. The molecule has 0 saturated heterocycles. The first kappa shape index (κ1) is 13.5. The molecular formula is C15H22N2S. The lowest BCUT2D eigenvalue weighted by molar-refractivity contribution is 0.230. The fraction of sp³-hybridized carbons (Fsp3) is 0.533. The second kappa shape index (κ2) is 6.86. The van der Waals surface area contributed by atoms with Crippen LogP contribution in [0.2, 0.25) is 0 Å². The van der Waals surface area contributed by atoms with E-state index in [2.05, 4.69) is 35.2 Å². The molecular weight excluding hydrogens is 240 g/mol. The molecule has 0 spiro atoms. The highest BCUT2D eigenvalue weighted by Crippen LogP contribution is 2.23. The fourth-order valence-electron chi connectivity index (χ4n) is 2.78. The van der Waals surface area contributed by atoms with Crippen LogP contribution in [0.25, 0.3) is 0 Å². The van der Waals surface area contributed by atoms with E-state index in [1.54, 1.807) is 0 Å². The minimum Gasteiger partial charge on any atom is -0.392 e. The van der Waals surface area contributed by atoms with Crippen LogP contribution >= 0.6 is 12.2 Å². The zero-order valence-electron chi connectivity index (χ0n) is 10.8. The molecule has 0 heterocycles. The van der Waals surface area contributed by atoms with Crippen molar-refractivity contribution < 1.29 is 0 Å². The number of benzene rings is 1. The lowest BCUT2D eigenvalue weighted by atomic mass is 10.1. The summed E-state index contributed by atoms with van der Waals surface area (Å²) in [6.07, 6.45) is 6.39. The van der Waals surface area contributed by atoms with E-state index in [4.69, 9.17) is 18.0 Å². The quantitative estimate of drug-likeness (QED) is 0.799. The Morgan fingerprint density at radius 1 is 1.22 bits per heavy atom.